The first-order valence-corrected chi connectivity index (χ1v) is 9.77. The molecule has 2 aromatic carbocycles. The van der Waals surface area contributed by atoms with Gasteiger partial charge in [-0.25, -0.2) is 0 Å². The third kappa shape index (κ3) is 4.31. The van der Waals surface area contributed by atoms with Gasteiger partial charge in [0, 0.05) is 10.6 Å². The smallest absolute Gasteiger partial charge is 0.0926 e. The van der Waals surface area contributed by atoms with E-state index < -0.39 is 8.15 Å². The third-order valence-corrected chi connectivity index (χ3v) is 6.11. The summed E-state index contributed by atoms with van der Waals surface area (Å²) in [6.45, 7) is 4.50. The van der Waals surface area contributed by atoms with Crippen molar-refractivity contribution in [3.63, 3.8) is 0 Å². The lowest BCUT2D eigenvalue weighted by Gasteiger charge is -2.24. The summed E-state index contributed by atoms with van der Waals surface area (Å²) in [6, 6.07) is 21.3. The van der Waals surface area contributed by atoms with Crippen LogP contribution in [0.1, 0.15) is 33.1 Å². The van der Waals surface area contributed by atoms with Crippen molar-refractivity contribution in [1.82, 2.24) is 0 Å². The van der Waals surface area contributed by atoms with E-state index >= 15 is 0 Å². The molecule has 0 unspecified atom stereocenters. The van der Waals surface area contributed by atoms with Gasteiger partial charge in [-0.05, 0) is 30.8 Å². The van der Waals surface area contributed by atoms with Gasteiger partial charge in [0.05, 0.1) is 14.3 Å². The van der Waals surface area contributed by atoms with Crippen molar-refractivity contribution >= 4 is 18.8 Å². The Kier molecular flexibility index (Phi) is 5.65. The molecule has 1 aliphatic rings. The molecule has 0 aliphatic heterocycles. The van der Waals surface area contributed by atoms with Crippen LogP contribution in [0.2, 0.25) is 0 Å². The van der Waals surface area contributed by atoms with Gasteiger partial charge < -0.3 is 4.52 Å². The van der Waals surface area contributed by atoms with Crippen molar-refractivity contribution in [2.24, 2.45) is 5.92 Å². The Morgan fingerprint density at radius 3 is 2.04 bits per heavy atom. The molecule has 3 rings (SSSR count). The minimum absolute atomic E-state index is 0.281. The van der Waals surface area contributed by atoms with E-state index in [1.54, 1.807) is 0 Å². The molecule has 2 aromatic rings. The fourth-order valence-corrected chi connectivity index (χ4v) is 5.02. The SMILES string of the molecule is CC(C)/C=C1\CCC[C@H]1OP(c1ccccc1)c1ccccc1. The van der Waals surface area contributed by atoms with Crippen LogP contribution in [-0.4, -0.2) is 6.10 Å². The van der Waals surface area contributed by atoms with E-state index in [1.807, 2.05) is 0 Å². The molecule has 1 saturated carbocycles. The third-order valence-electron chi connectivity index (χ3n) is 4.11. The summed E-state index contributed by atoms with van der Waals surface area (Å²) in [5.74, 6) is 0.592. The average Bonchev–Trinajstić information content (AvgIpc) is 3.00. The average molecular weight is 324 g/mol. The standard InChI is InChI=1S/C21H25OP/c1-17(2)16-18-10-9-15-21(18)22-23(19-11-5-3-6-12-19)20-13-7-4-8-14-20/h3-8,11-14,16-17,21H,9-10,15H2,1-2H3/b18-16+/t21-/m1/s1. The Labute approximate surface area is 141 Å². The van der Waals surface area contributed by atoms with Gasteiger partial charge >= 0.3 is 0 Å². The van der Waals surface area contributed by atoms with Gasteiger partial charge in [-0.3, -0.25) is 0 Å². The number of rotatable bonds is 5. The van der Waals surface area contributed by atoms with Crippen molar-refractivity contribution in [1.29, 1.82) is 0 Å². The van der Waals surface area contributed by atoms with Crippen LogP contribution >= 0.6 is 8.15 Å². The molecule has 1 atom stereocenters. The second-order valence-corrected chi connectivity index (χ2v) is 8.27. The summed E-state index contributed by atoms with van der Waals surface area (Å²) in [5, 5.41) is 2.59. The van der Waals surface area contributed by atoms with Crippen LogP contribution in [0.5, 0.6) is 0 Å². The van der Waals surface area contributed by atoms with Gasteiger partial charge in [-0.2, -0.15) is 0 Å². The molecule has 120 valence electrons. The first-order valence-electron chi connectivity index (χ1n) is 8.51. The first kappa shape index (κ1) is 16.4. The van der Waals surface area contributed by atoms with Gasteiger partial charge in [-0.1, -0.05) is 80.6 Å². The van der Waals surface area contributed by atoms with Crippen molar-refractivity contribution in [3.8, 4) is 0 Å². The van der Waals surface area contributed by atoms with Gasteiger partial charge in [0.2, 0.25) is 0 Å². The Bertz CT molecular complexity index is 594. The lowest BCUT2D eigenvalue weighted by atomic mass is 10.1. The predicted octanol–water partition coefficient (Wildman–Crippen LogP) is 5.19. The lowest BCUT2D eigenvalue weighted by Crippen LogP contribution is -2.19. The minimum Gasteiger partial charge on any atom is -0.342 e. The Balaban J connectivity index is 1.88. The van der Waals surface area contributed by atoms with Gasteiger partial charge in [0.25, 0.3) is 0 Å². The quantitative estimate of drug-likeness (QED) is 0.543. The molecule has 1 fully saturated rings. The summed E-state index contributed by atoms with van der Waals surface area (Å²) in [7, 11) is -0.754. The van der Waals surface area contributed by atoms with E-state index in [1.165, 1.54) is 29.0 Å². The highest BCUT2D eigenvalue weighted by molar-refractivity contribution is 7.68. The fraction of sp³-hybridized carbons (Fsp3) is 0.333. The normalized spacial score (nSPS) is 19.8. The Morgan fingerprint density at radius 1 is 0.957 bits per heavy atom. The predicted molar refractivity (Wildman–Crippen MR) is 101 cm³/mol. The second kappa shape index (κ2) is 7.90. The molecule has 0 spiro atoms. The fourth-order valence-electron chi connectivity index (χ4n) is 3.10. The lowest BCUT2D eigenvalue weighted by molar-refractivity contribution is 0.278. The largest absolute Gasteiger partial charge is 0.342 e. The van der Waals surface area contributed by atoms with Crippen molar-refractivity contribution in [3.05, 3.63) is 72.3 Å². The first-order chi connectivity index (χ1) is 11.2. The zero-order valence-corrected chi connectivity index (χ0v) is 14.9. The van der Waals surface area contributed by atoms with Crippen LogP contribution in [0.3, 0.4) is 0 Å². The maximum absolute atomic E-state index is 6.69. The molecule has 0 saturated heterocycles. The maximum atomic E-state index is 6.69. The maximum Gasteiger partial charge on any atom is 0.0926 e. The van der Waals surface area contributed by atoms with E-state index in [0.29, 0.717) is 5.92 Å². The summed E-state index contributed by atoms with van der Waals surface area (Å²) in [5.41, 5.74) is 1.50. The number of allylic oxidation sites excluding steroid dienone is 1. The number of benzene rings is 2. The van der Waals surface area contributed by atoms with Crippen molar-refractivity contribution in [2.45, 2.75) is 39.2 Å². The molecular formula is C21H25OP. The molecule has 0 heterocycles. The van der Waals surface area contributed by atoms with Gasteiger partial charge in [0.15, 0.2) is 0 Å². The summed E-state index contributed by atoms with van der Waals surface area (Å²) in [6.07, 6.45) is 6.27. The monoisotopic (exact) mass is 324 g/mol. The van der Waals surface area contributed by atoms with Gasteiger partial charge in [-0.15, -0.1) is 0 Å². The minimum atomic E-state index is -0.754. The highest BCUT2D eigenvalue weighted by Gasteiger charge is 2.27. The molecular weight excluding hydrogens is 299 g/mol. The molecule has 1 aliphatic carbocycles. The van der Waals surface area contributed by atoms with Crippen molar-refractivity contribution in [2.75, 3.05) is 0 Å². The highest BCUT2D eigenvalue weighted by Crippen LogP contribution is 2.42. The van der Waals surface area contributed by atoms with Crippen LogP contribution in [0, 0.1) is 5.92 Å². The zero-order valence-electron chi connectivity index (χ0n) is 14.0. The summed E-state index contributed by atoms with van der Waals surface area (Å²) < 4.78 is 6.69. The Hall–Kier alpha value is -1.43. The number of hydrogen-bond donors (Lipinski definition) is 0. The second-order valence-electron chi connectivity index (χ2n) is 6.44. The highest BCUT2D eigenvalue weighted by atomic mass is 31.1. The topological polar surface area (TPSA) is 9.23 Å². The molecule has 23 heavy (non-hydrogen) atoms. The van der Waals surface area contributed by atoms with Crippen LogP contribution in [-0.2, 0) is 4.52 Å². The number of hydrogen-bond acceptors (Lipinski definition) is 1. The van der Waals surface area contributed by atoms with Gasteiger partial charge in [0.1, 0.15) is 0 Å². The molecule has 1 nitrogen and oxygen atoms in total. The van der Waals surface area contributed by atoms with Crippen LogP contribution in [0.15, 0.2) is 72.3 Å². The van der Waals surface area contributed by atoms with E-state index in [2.05, 4.69) is 80.6 Å². The van der Waals surface area contributed by atoms with E-state index in [4.69, 9.17) is 4.52 Å². The van der Waals surface area contributed by atoms with E-state index in [-0.39, 0.29) is 6.10 Å². The summed E-state index contributed by atoms with van der Waals surface area (Å²) in [4.78, 5) is 0. The molecule has 0 N–H and O–H groups in total. The zero-order chi connectivity index (χ0) is 16.1. The molecule has 0 bridgehead atoms. The van der Waals surface area contributed by atoms with Crippen LogP contribution in [0.25, 0.3) is 0 Å². The Morgan fingerprint density at radius 2 is 1.52 bits per heavy atom. The molecule has 0 radical (unpaired) electrons. The van der Waals surface area contributed by atoms with Crippen LogP contribution in [0.4, 0.5) is 0 Å². The molecule has 2 heteroatoms. The van der Waals surface area contributed by atoms with E-state index in [0.717, 1.165) is 6.42 Å². The van der Waals surface area contributed by atoms with Crippen molar-refractivity contribution < 1.29 is 4.52 Å². The summed E-state index contributed by atoms with van der Waals surface area (Å²) >= 11 is 0. The molecule has 0 aromatic heterocycles. The van der Waals surface area contributed by atoms with E-state index in [9.17, 15) is 0 Å². The molecule has 0 amide bonds. The van der Waals surface area contributed by atoms with Crippen LogP contribution < -0.4 is 10.6 Å².